The van der Waals surface area contributed by atoms with Crippen molar-refractivity contribution in [1.82, 2.24) is 19.7 Å². The Labute approximate surface area is 155 Å². The molecule has 0 bridgehead atoms. The summed E-state index contributed by atoms with van der Waals surface area (Å²) in [4.78, 5) is 4.68. The fourth-order valence-electron chi connectivity index (χ4n) is 2.68. The van der Waals surface area contributed by atoms with Gasteiger partial charge in [-0.1, -0.05) is 29.5 Å². The van der Waals surface area contributed by atoms with E-state index >= 15 is 0 Å². The van der Waals surface area contributed by atoms with Crippen LogP contribution in [-0.2, 0) is 12.3 Å². The zero-order chi connectivity index (χ0) is 17.2. The van der Waals surface area contributed by atoms with Crippen LogP contribution in [0.4, 0.5) is 10.8 Å². The zero-order valence-corrected chi connectivity index (χ0v) is 16.0. The van der Waals surface area contributed by atoms with Crippen LogP contribution in [0, 0.1) is 6.92 Å². The number of rotatable bonds is 7. The van der Waals surface area contributed by atoms with Gasteiger partial charge in [-0.3, -0.25) is 0 Å². The summed E-state index contributed by atoms with van der Waals surface area (Å²) in [5.74, 6) is 2.60. The molecule has 1 N–H and O–H groups in total. The van der Waals surface area contributed by atoms with Crippen molar-refractivity contribution < 1.29 is 0 Å². The topological polar surface area (TPSA) is 55.6 Å². The summed E-state index contributed by atoms with van der Waals surface area (Å²) < 4.78 is 2.25. The van der Waals surface area contributed by atoms with E-state index in [1.165, 1.54) is 18.4 Å². The average Bonchev–Trinajstić information content (AvgIpc) is 3.23. The monoisotopic (exact) mass is 371 g/mol. The van der Waals surface area contributed by atoms with E-state index in [9.17, 15) is 0 Å². The van der Waals surface area contributed by atoms with Gasteiger partial charge >= 0.3 is 0 Å². The number of thiazole rings is 1. The molecule has 0 amide bonds. The van der Waals surface area contributed by atoms with Crippen LogP contribution in [0.1, 0.15) is 42.8 Å². The summed E-state index contributed by atoms with van der Waals surface area (Å²) in [6.07, 6.45) is 2.51. The van der Waals surface area contributed by atoms with E-state index in [0.717, 1.165) is 39.8 Å². The molecule has 1 fully saturated rings. The molecule has 0 unspecified atom stereocenters. The number of nitrogens with one attached hydrogen (secondary N) is 1. The highest BCUT2D eigenvalue weighted by molar-refractivity contribution is 7.98. The Morgan fingerprint density at radius 3 is 2.76 bits per heavy atom. The van der Waals surface area contributed by atoms with E-state index in [2.05, 4.69) is 68.6 Å². The number of nitrogens with zero attached hydrogens (tertiary/aromatic N) is 4. The lowest BCUT2D eigenvalue weighted by Gasteiger charge is -2.05. The zero-order valence-electron chi connectivity index (χ0n) is 14.4. The van der Waals surface area contributed by atoms with Crippen LogP contribution in [0.3, 0.4) is 0 Å². The van der Waals surface area contributed by atoms with Gasteiger partial charge in [-0.2, -0.15) is 0 Å². The van der Waals surface area contributed by atoms with E-state index in [0.29, 0.717) is 5.92 Å². The molecular formula is C18H21N5S2. The minimum absolute atomic E-state index is 0.631. The summed E-state index contributed by atoms with van der Waals surface area (Å²) in [7, 11) is 0. The van der Waals surface area contributed by atoms with Crippen LogP contribution < -0.4 is 5.32 Å². The lowest BCUT2D eigenvalue weighted by atomic mass is 10.2. The first-order valence-electron chi connectivity index (χ1n) is 8.57. The number of aromatic nitrogens is 4. The van der Waals surface area contributed by atoms with Crippen LogP contribution in [-0.4, -0.2) is 19.7 Å². The van der Waals surface area contributed by atoms with Gasteiger partial charge in [0.25, 0.3) is 0 Å². The molecule has 3 aromatic rings. The molecule has 7 heteroatoms. The molecule has 0 saturated heterocycles. The Morgan fingerprint density at radius 1 is 1.24 bits per heavy atom. The highest BCUT2D eigenvalue weighted by Crippen LogP contribution is 2.40. The van der Waals surface area contributed by atoms with Gasteiger partial charge in [0.2, 0.25) is 0 Å². The van der Waals surface area contributed by atoms with Crippen LogP contribution in [0.5, 0.6) is 0 Å². The van der Waals surface area contributed by atoms with Crippen molar-refractivity contribution in [1.29, 1.82) is 0 Å². The number of thioether (sulfide) groups is 1. The van der Waals surface area contributed by atoms with E-state index in [4.69, 9.17) is 0 Å². The Hall–Kier alpha value is -1.86. The van der Waals surface area contributed by atoms with E-state index in [1.54, 1.807) is 23.1 Å². The minimum atomic E-state index is 0.631. The van der Waals surface area contributed by atoms with Gasteiger partial charge < -0.3 is 9.88 Å². The fraction of sp³-hybridized carbons (Fsp3) is 0.389. The molecule has 25 heavy (non-hydrogen) atoms. The first-order valence-corrected chi connectivity index (χ1v) is 10.4. The fourth-order valence-corrected chi connectivity index (χ4v) is 4.41. The molecular weight excluding hydrogens is 350 g/mol. The van der Waals surface area contributed by atoms with Gasteiger partial charge in [0.05, 0.1) is 5.69 Å². The molecule has 0 spiro atoms. The minimum Gasteiger partial charge on any atom is -0.332 e. The molecule has 1 aliphatic carbocycles. The van der Waals surface area contributed by atoms with Crippen LogP contribution >= 0.6 is 23.1 Å². The maximum Gasteiger partial charge on any atom is 0.191 e. The van der Waals surface area contributed by atoms with Crippen LogP contribution in [0.2, 0.25) is 0 Å². The van der Waals surface area contributed by atoms with Gasteiger partial charge in [-0.05, 0) is 38.8 Å². The van der Waals surface area contributed by atoms with Crippen molar-refractivity contribution in [3.63, 3.8) is 0 Å². The van der Waals surface area contributed by atoms with E-state index in [-0.39, 0.29) is 0 Å². The normalized spacial score (nSPS) is 14.0. The third-order valence-corrected chi connectivity index (χ3v) is 6.01. The molecule has 0 atom stereocenters. The Kier molecular flexibility index (Phi) is 4.76. The number of hydrogen-bond donors (Lipinski definition) is 1. The second kappa shape index (κ2) is 7.17. The Bertz CT molecular complexity index is 849. The van der Waals surface area contributed by atoms with Crippen molar-refractivity contribution in [3.8, 4) is 0 Å². The number of benzene rings is 1. The standard InChI is InChI=1S/C18H21N5S2/c1-3-23-16(13-6-7-13)21-22-18(23)25-11-15-10-24-17(20-15)19-14-8-4-12(2)5-9-14/h4-5,8-10,13H,3,6-7,11H2,1-2H3,(H,19,20). The summed E-state index contributed by atoms with van der Waals surface area (Å²) in [6, 6.07) is 8.35. The number of hydrogen-bond acceptors (Lipinski definition) is 6. The second-order valence-electron chi connectivity index (χ2n) is 6.28. The maximum atomic E-state index is 4.68. The first kappa shape index (κ1) is 16.6. The quantitative estimate of drug-likeness (QED) is 0.594. The van der Waals surface area contributed by atoms with Gasteiger partial charge in [0.15, 0.2) is 10.3 Å². The van der Waals surface area contributed by atoms with Gasteiger partial charge in [0.1, 0.15) is 5.82 Å². The SMILES string of the molecule is CCn1c(SCc2csc(Nc3ccc(C)cc3)n2)nnc1C1CC1. The van der Waals surface area contributed by atoms with Crippen LogP contribution in [0.25, 0.3) is 0 Å². The highest BCUT2D eigenvalue weighted by Gasteiger charge is 2.29. The summed E-state index contributed by atoms with van der Waals surface area (Å²) >= 11 is 3.35. The molecule has 1 aromatic carbocycles. The molecule has 4 rings (SSSR count). The molecule has 5 nitrogen and oxygen atoms in total. The smallest absolute Gasteiger partial charge is 0.191 e. The maximum absolute atomic E-state index is 4.68. The summed E-state index contributed by atoms with van der Waals surface area (Å²) in [5.41, 5.74) is 3.40. The molecule has 0 radical (unpaired) electrons. The average molecular weight is 372 g/mol. The molecule has 130 valence electrons. The van der Waals surface area contributed by atoms with Gasteiger partial charge in [-0.15, -0.1) is 21.5 Å². The Morgan fingerprint density at radius 2 is 2.04 bits per heavy atom. The van der Waals surface area contributed by atoms with Gasteiger partial charge in [0, 0.05) is 29.3 Å². The summed E-state index contributed by atoms with van der Waals surface area (Å²) in [5, 5.41) is 16.2. The molecule has 2 heterocycles. The number of anilines is 2. The predicted molar refractivity (Wildman–Crippen MR) is 104 cm³/mol. The lowest BCUT2D eigenvalue weighted by Crippen LogP contribution is -2.02. The second-order valence-corrected chi connectivity index (χ2v) is 8.08. The van der Waals surface area contributed by atoms with E-state index in [1.807, 2.05) is 0 Å². The third-order valence-electron chi connectivity index (χ3n) is 4.21. The Balaban J connectivity index is 1.39. The highest BCUT2D eigenvalue weighted by atomic mass is 32.2. The van der Waals surface area contributed by atoms with Crippen molar-refractivity contribution in [2.45, 2.75) is 50.1 Å². The van der Waals surface area contributed by atoms with Crippen molar-refractivity contribution in [2.24, 2.45) is 0 Å². The number of aryl methyl sites for hydroxylation is 1. The summed E-state index contributed by atoms with van der Waals surface area (Å²) in [6.45, 7) is 5.18. The molecule has 2 aromatic heterocycles. The first-order chi connectivity index (χ1) is 12.2. The van der Waals surface area contributed by atoms with Crippen LogP contribution in [0.15, 0.2) is 34.8 Å². The van der Waals surface area contributed by atoms with Crippen molar-refractivity contribution in [2.75, 3.05) is 5.32 Å². The lowest BCUT2D eigenvalue weighted by molar-refractivity contribution is 0.643. The largest absolute Gasteiger partial charge is 0.332 e. The van der Waals surface area contributed by atoms with E-state index < -0.39 is 0 Å². The third kappa shape index (κ3) is 3.88. The molecule has 1 saturated carbocycles. The van der Waals surface area contributed by atoms with Gasteiger partial charge in [-0.25, -0.2) is 4.98 Å². The molecule has 1 aliphatic rings. The van der Waals surface area contributed by atoms with Crippen molar-refractivity contribution in [3.05, 3.63) is 46.7 Å². The van der Waals surface area contributed by atoms with Crippen molar-refractivity contribution >= 4 is 33.9 Å². The molecule has 0 aliphatic heterocycles. The predicted octanol–water partition coefficient (Wildman–Crippen LogP) is 4.98.